The van der Waals surface area contributed by atoms with Crippen molar-refractivity contribution in [3.05, 3.63) is 35.9 Å². The Morgan fingerprint density at radius 3 is 3.05 bits per heavy atom. The summed E-state index contributed by atoms with van der Waals surface area (Å²) < 4.78 is 2.21. The number of rotatable bonds is 4. The number of nitrogens with zero attached hydrogens (tertiary/aromatic N) is 3. The molecule has 3 rings (SSSR count). The quantitative estimate of drug-likeness (QED) is 0.907. The first kappa shape index (κ1) is 12.6. The fraction of sp³-hybridized carbons (Fsp3) is 0.533. The van der Waals surface area contributed by atoms with Crippen LogP contribution in [0.1, 0.15) is 24.7 Å². The van der Waals surface area contributed by atoms with Gasteiger partial charge in [0.2, 0.25) is 0 Å². The molecule has 4 nitrogen and oxygen atoms in total. The molecule has 0 bridgehead atoms. The maximum Gasteiger partial charge on any atom is 0.113 e. The van der Waals surface area contributed by atoms with E-state index in [1.54, 1.807) is 0 Å². The Labute approximate surface area is 114 Å². The van der Waals surface area contributed by atoms with E-state index in [1.807, 2.05) is 6.20 Å². The number of hydrogen-bond acceptors (Lipinski definition) is 3. The molecule has 102 valence electrons. The van der Waals surface area contributed by atoms with Crippen LogP contribution in [0.15, 0.2) is 24.5 Å². The second-order valence-electron chi connectivity index (χ2n) is 5.46. The van der Waals surface area contributed by atoms with Gasteiger partial charge in [-0.1, -0.05) is 13.0 Å². The number of likely N-dealkylation sites (tertiary alicyclic amines) is 1. The molecule has 0 amide bonds. The smallest absolute Gasteiger partial charge is 0.113 e. The minimum absolute atomic E-state index is 0.584. The van der Waals surface area contributed by atoms with Crippen LogP contribution in [0.4, 0.5) is 0 Å². The summed E-state index contributed by atoms with van der Waals surface area (Å²) in [4.78, 5) is 7.11. The third kappa shape index (κ3) is 2.51. The average molecular weight is 258 g/mol. The number of pyridine rings is 1. The van der Waals surface area contributed by atoms with Gasteiger partial charge in [0.15, 0.2) is 0 Å². The van der Waals surface area contributed by atoms with Crippen LogP contribution in [0, 0.1) is 5.92 Å². The third-order valence-corrected chi connectivity index (χ3v) is 4.19. The van der Waals surface area contributed by atoms with Gasteiger partial charge in [-0.25, -0.2) is 4.98 Å². The van der Waals surface area contributed by atoms with E-state index in [-0.39, 0.29) is 0 Å². The van der Waals surface area contributed by atoms with Crippen molar-refractivity contribution in [2.75, 3.05) is 19.6 Å². The Hall–Kier alpha value is -1.39. The molecule has 2 N–H and O–H groups in total. The van der Waals surface area contributed by atoms with Crippen LogP contribution in [0.2, 0.25) is 0 Å². The summed E-state index contributed by atoms with van der Waals surface area (Å²) in [5.74, 6) is 1.92. The van der Waals surface area contributed by atoms with Gasteiger partial charge in [-0.2, -0.15) is 0 Å². The summed E-state index contributed by atoms with van der Waals surface area (Å²) in [5.41, 5.74) is 8.04. The van der Waals surface area contributed by atoms with Crippen LogP contribution < -0.4 is 5.73 Å². The first-order chi connectivity index (χ1) is 9.30. The molecule has 1 fully saturated rings. The van der Waals surface area contributed by atoms with Gasteiger partial charge in [0.25, 0.3) is 0 Å². The van der Waals surface area contributed by atoms with Gasteiger partial charge in [0.1, 0.15) is 5.82 Å². The summed E-state index contributed by atoms with van der Waals surface area (Å²) in [5, 5.41) is 0. The van der Waals surface area contributed by atoms with Crippen molar-refractivity contribution in [2.45, 2.75) is 26.3 Å². The van der Waals surface area contributed by atoms with E-state index >= 15 is 0 Å². The molecule has 0 aliphatic carbocycles. The standard InChI is InChI=1S/C15H22N4/c1-2-18-6-5-12(10-18)7-15-17-9-14-4-3-13(8-16)11-19(14)15/h3-4,9,11-12H,2,5-8,10,16H2,1H3. The van der Waals surface area contributed by atoms with E-state index in [1.165, 1.54) is 25.3 Å². The first-order valence-electron chi connectivity index (χ1n) is 7.17. The predicted molar refractivity (Wildman–Crippen MR) is 77.0 cm³/mol. The second-order valence-corrected chi connectivity index (χ2v) is 5.46. The lowest BCUT2D eigenvalue weighted by atomic mass is 10.0. The van der Waals surface area contributed by atoms with Crippen molar-refractivity contribution in [3.63, 3.8) is 0 Å². The minimum atomic E-state index is 0.584. The lowest BCUT2D eigenvalue weighted by Gasteiger charge is -2.12. The number of imidazole rings is 1. The fourth-order valence-electron chi connectivity index (χ4n) is 2.98. The van der Waals surface area contributed by atoms with Crippen molar-refractivity contribution in [1.29, 1.82) is 0 Å². The molecule has 0 saturated carbocycles. The van der Waals surface area contributed by atoms with Crippen molar-refractivity contribution >= 4 is 5.52 Å². The van der Waals surface area contributed by atoms with Crippen LogP contribution in [0.5, 0.6) is 0 Å². The highest BCUT2D eigenvalue weighted by molar-refractivity contribution is 5.47. The molecular weight excluding hydrogens is 236 g/mol. The normalized spacial score (nSPS) is 20.4. The average Bonchev–Trinajstić information content (AvgIpc) is 3.06. The summed E-state index contributed by atoms with van der Waals surface area (Å²) in [6, 6.07) is 4.18. The first-order valence-corrected chi connectivity index (χ1v) is 7.17. The number of nitrogens with two attached hydrogens (primary N) is 1. The zero-order valence-corrected chi connectivity index (χ0v) is 11.5. The van der Waals surface area contributed by atoms with Crippen LogP contribution >= 0.6 is 0 Å². The molecule has 19 heavy (non-hydrogen) atoms. The van der Waals surface area contributed by atoms with Crippen LogP contribution in [0.25, 0.3) is 5.52 Å². The molecular formula is C15H22N4. The van der Waals surface area contributed by atoms with Crippen molar-refractivity contribution in [1.82, 2.24) is 14.3 Å². The highest BCUT2D eigenvalue weighted by Gasteiger charge is 2.22. The molecule has 1 aliphatic heterocycles. The molecule has 0 spiro atoms. The van der Waals surface area contributed by atoms with E-state index in [2.05, 4.69) is 39.5 Å². The van der Waals surface area contributed by atoms with Gasteiger partial charge in [0, 0.05) is 25.7 Å². The van der Waals surface area contributed by atoms with Crippen molar-refractivity contribution < 1.29 is 0 Å². The lowest BCUT2D eigenvalue weighted by Crippen LogP contribution is -2.20. The molecule has 2 aromatic rings. The maximum absolute atomic E-state index is 5.72. The van der Waals surface area contributed by atoms with Gasteiger partial charge in [-0.15, -0.1) is 0 Å². The molecule has 0 radical (unpaired) electrons. The van der Waals surface area contributed by atoms with Crippen molar-refractivity contribution in [3.8, 4) is 0 Å². The maximum atomic E-state index is 5.72. The highest BCUT2D eigenvalue weighted by atomic mass is 15.1. The van der Waals surface area contributed by atoms with Gasteiger partial charge in [-0.3, -0.25) is 0 Å². The van der Waals surface area contributed by atoms with E-state index < -0.39 is 0 Å². The molecule has 1 saturated heterocycles. The minimum Gasteiger partial charge on any atom is -0.326 e. The molecule has 1 unspecified atom stereocenters. The van der Waals surface area contributed by atoms with Crippen molar-refractivity contribution in [2.24, 2.45) is 11.7 Å². The Morgan fingerprint density at radius 1 is 1.42 bits per heavy atom. The van der Waals surface area contributed by atoms with Crippen LogP contribution in [-0.4, -0.2) is 33.9 Å². The molecule has 4 heteroatoms. The van der Waals surface area contributed by atoms with Gasteiger partial charge in [0.05, 0.1) is 11.7 Å². The Kier molecular flexibility index (Phi) is 3.53. The number of hydrogen-bond donors (Lipinski definition) is 1. The Balaban J connectivity index is 1.81. The summed E-state index contributed by atoms with van der Waals surface area (Å²) >= 11 is 0. The monoisotopic (exact) mass is 258 g/mol. The highest BCUT2D eigenvalue weighted by Crippen LogP contribution is 2.21. The topological polar surface area (TPSA) is 46.6 Å². The number of aromatic nitrogens is 2. The van der Waals surface area contributed by atoms with E-state index in [9.17, 15) is 0 Å². The van der Waals surface area contributed by atoms with E-state index in [4.69, 9.17) is 5.73 Å². The van der Waals surface area contributed by atoms with E-state index in [0.29, 0.717) is 6.54 Å². The van der Waals surface area contributed by atoms with Gasteiger partial charge in [-0.05, 0) is 37.1 Å². The van der Waals surface area contributed by atoms with Gasteiger partial charge < -0.3 is 15.0 Å². The van der Waals surface area contributed by atoms with Crippen LogP contribution in [0.3, 0.4) is 0 Å². The molecule has 1 atom stereocenters. The van der Waals surface area contributed by atoms with Gasteiger partial charge >= 0.3 is 0 Å². The Morgan fingerprint density at radius 2 is 2.32 bits per heavy atom. The molecule has 0 aromatic carbocycles. The summed E-state index contributed by atoms with van der Waals surface area (Å²) in [6.45, 7) is 6.43. The molecule has 2 aromatic heterocycles. The predicted octanol–water partition coefficient (Wildman–Crippen LogP) is 1.68. The third-order valence-electron chi connectivity index (χ3n) is 4.19. The summed E-state index contributed by atoms with van der Waals surface area (Å²) in [7, 11) is 0. The lowest BCUT2D eigenvalue weighted by molar-refractivity contribution is 0.341. The molecule has 3 heterocycles. The fourth-order valence-corrected chi connectivity index (χ4v) is 2.98. The zero-order chi connectivity index (χ0) is 13.2. The van der Waals surface area contributed by atoms with Crippen LogP contribution in [-0.2, 0) is 13.0 Å². The zero-order valence-electron chi connectivity index (χ0n) is 11.5. The summed E-state index contributed by atoms with van der Waals surface area (Å²) in [6.07, 6.45) is 6.45. The number of fused-ring (bicyclic) bond motifs is 1. The second kappa shape index (κ2) is 5.31. The SMILES string of the molecule is CCN1CCC(Cc2ncc3ccc(CN)cn23)C1. The largest absolute Gasteiger partial charge is 0.326 e. The Bertz CT molecular complexity index is 560. The van der Waals surface area contributed by atoms with E-state index in [0.717, 1.165) is 30.0 Å². The molecule has 1 aliphatic rings.